The molecule has 0 atom stereocenters. The topological polar surface area (TPSA) is 99.5 Å². The van der Waals surface area contributed by atoms with Gasteiger partial charge >= 0.3 is 0 Å². The molecule has 7 aromatic rings. The summed E-state index contributed by atoms with van der Waals surface area (Å²) >= 11 is 4.72. The van der Waals surface area contributed by atoms with Crippen molar-refractivity contribution < 1.29 is 4.74 Å². The Kier molecular flexibility index (Phi) is 9.13. The van der Waals surface area contributed by atoms with Crippen LogP contribution in [0.15, 0.2) is 107 Å². The number of hydrogen-bond donors (Lipinski definition) is 0. The van der Waals surface area contributed by atoms with Gasteiger partial charge in [-0.1, -0.05) is 6.07 Å². The Bertz CT molecular complexity index is 2130. The molecule has 0 aliphatic carbocycles. The highest BCUT2D eigenvalue weighted by Crippen LogP contribution is 2.40. The second-order valence-electron chi connectivity index (χ2n) is 11.5. The van der Waals surface area contributed by atoms with Crippen molar-refractivity contribution in [1.82, 2.24) is 34.8 Å². The molecule has 8 heterocycles. The number of thiophene rings is 1. The van der Waals surface area contributed by atoms with Crippen LogP contribution in [0.5, 0.6) is 5.75 Å². The van der Waals surface area contributed by atoms with Gasteiger partial charge in [0.2, 0.25) is 0 Å². The molecule has 0 bridgehead atoms. The fourth-order valence-electron chi connectivity index (χ4n) is 5.72. The Morgan fingerprint density at radius 2 is 1.40 bits per heavy atom. The number of likely N-dealkylation sites (N-methyl/N-ethyl adjacent to an activating group) is 1. The van der Waals surface area contributed by atoms with Gasteiger partial charge in [0, 0.05) is 61.1 Å². The summed E-state index contributed by atoms with van der Waals surface area (Å²) in [6, 6.07) is 20.0. The molecule has 0 spiro atoms. The molecule has 14 heteroatoms. The molecular formula is C36H32N10OS3. The van der Waals surface area contributed by atoms with Crippen molar-refractivity contribution in [2.24, 2.45) is 0 Å². The fraction of sp³-hybridized carbons (Fsp3) is 0.167. The summed E-state index contributed by atoms with van der Waals surface area (Å²) in [5, 5.41) is 13.5. The maximum Gasteiger partial charge on any atom is 0.197 e. The largest absolute Gasteiger partial charge is 0.493 e. The number of pyridine rings is 4. The molecule has 8 rings (SSSR count). The SMILES string of the molecule is COc1ccc(-c2nccs2)nc1N(c1ccc(N2CCN(C)CC2)cn1)N(c1ccc(-c2ccsc2)cn1)c1cccc(-c2nccs2)n1. The Labute approximate surface area is 301 Å². The van der Waals surface area contributed by atoms with Crippen LogP contribution in [0.3, 0.4) is 0 Å². The van der Waals surface area contributed by atoms with Gasteiger partial charge in [0.1, 0.15) is 21.4 Å². The number of ether oxygens (including phenoxy) is 1. The maximum absolute atomic E-state index is 5.99. The van der Waals surface area contributed by atoms with E-state index in [1.165, 1.54) is 22.7 Å². The number of methoxy groups -OCH3 is 1. The van der Waals surface area contributed by atoms with Crippen LogP contribution < -0.4 is 19.7 Å². The van der Waals surface area contributed by atoms with Crippen molar-refractivity contribution >= 4 is 63.0 Å². The summed E-state index contributed by atoms with van der Waals surface area (Å²) < 4.78 is 5.99. The third-order valence-corrected chi connectivity index (χ3v) is 10.6. The van der Waals surface area contributed by atoms with Gasteiger partial charge in [0.05, 0.1) is 19.0 Å². The van der Waals surface area contributed by atoms with E-state index in [0.717, 1.165) is 58.7 Å². The van der Waals surface area contributed by atoms with E-state index in [-0.39, 0.29) is 0 Å². The number of aromatic nitrogens is 6. The molecule has 1 saturated heterocycles. The zero-order chi connectivity index (χ0) is 33.9. The van der Waals surface area contributed by atoms with E-state index in [1.54, 1.807) is 30.8 Å². The number of anilines is 5. The predicted molar refractivity (Wildman–Crippen MR) is 203 cm³/mol. The molecule has 0 saturated carbocycles. The summed E-state index contributed by atoms with van der Waals surface area (Å²) in [4.78, 5) is 34.2. The lowest BCUT2D eigenvalue weighted by Crippen LogP contribution is -2.44. The summed E-state index contributed by atoms with van der Waals surface area (Å²) in [6.45, 7) is 3.87. The average Bonchev–Trinajstić information content (AvgIpc) is 4.00. The first-order chi connectivity index (χ1) is 24.6. The van der Waals surface area contributed by atoms with Crippen molar-refractivity contribution in [3.05, 3.63) is 107 Å². The van der Waals surface area contributed by atoms with E-state index in [2.05, 4.69) is 55.8 Å². The highest BCUT2D eigenvalue weighted by Gasteiger charge is 2.30. The average molecular weight is 717 g/mol. The molecule has 50 heavy (non-hydrogen) atoms. The molecule has 0 aromatic carbocycles. The third-order valence-electron chi connectivity index (χ3n) is 8.35. The number of thiazole rings is 2. The quantitative estimate of drug-likeness (QED) is 0.129. The van der Waals surface area contributed by atoms with Crippen molar-refractivity contribution in [2.75, 3.05) is 55.3 Å². The lowest BCUT2D eigenvalue weighted by Gasteiger charge is -2.36. The molecule has 0 unspecified atom stereocenters. The first kappa shape index (κ1) is 32.0. The lowest BCUT2D eigenvalue weighted by atomic mass is 10.1. The van der Waals surface area contributed by atoms with Gasteiger partial charge in [-0.15, -0.1) is 22.7 Å². The minimum atomic E-state index is 0.505. The summed E-state index contributed by atoms with van der Waals surface area (Å²) in [6.07, 6.45) is 7.37. The van der Waals surface area contributed by atoms with Crippen LogP contribution >= 0.6 is 34.0 Å². The molecule has 0 N–H and O–H groups in total. The van der Waals surface area contributed by atoms with E-state index < -0.39 is 0 Å². The smallest absolute Gasteiger partial charge is 0.197 e. The van der Waals surface area contributed by atoms with E-state index >= 15 is 0 Å². The van der Waals surface area contributed by atoms with Crippen LogP contribution in [0.25, 0.3) is 32.5 Å². The normalized spacial score (nSPS) is 13.4. The highest BCUT2D eigenvalue weighted by molar-refractivity contribution is 7.13. The molecule has 0 amide bonds. The van der Waals surface area contributed by atoms with E-state index in [1.807, 2.05) is 75.6 Å². The van der Waals surface area contributed by atoms with Gasteiger partial charge in [-0.3, -0.25) is 0 Å². The van der Waals surface area contributed by atoms with Crippen LogP contribution in [0.1, 0.15) is 0 Å². The zero-order valence-corrected chi connectivity index (χ0v) is 29.8. The summed E-state index contributed by atoms with van der Waals surface area (Å²) in [5.41, 5.74) is 4.64. The third kappa shape index (κ3) is 6.53. The molecule has 7 aromatic heterocycles. The monoisotopic (exact) mass is 716 g/mol. The number of nitrogens with zero attached hydrogens (tertiary/aromatic N) is 10. The van der Waals surface area contributed by atoms with E-state index in [4.69, 9.17) is 24.7 Å². The minimum Gasteiger partial charge on any atom is -0.493 e. The van der Waals surface area contributed by atoms with Crippen molar-refractivity contribution in [2.45, 2.75) is 0 Å². The highest BCUT2D eigenvalue weighted by atomic mass is 32.1. The van der Waals surface area contributed by atoms with E-state index in [9.17, 15) is 0 Å². The van der Waals surface area contributed by atoms with Crippen LogP contribution in [-0.2, 0) is 0 Å². The van der Waals surface area contributed by atoms with Gasteiger partial charge in [-0.05, 0) is 78.0 Å². The maximum atomic E-state index is 5.99. The standard InChI is InChI=1S/C36H32N10OS3/c1-43-15-17-44(18-16-43)27-7-11-32(40-23-27)46(34-30(47-2)9-8-29(42-34)36-38-14-21-50-36)45(31-10-6-25(22-39-31)26-12-19-48-24-26)33-5-3-4-28(41-33)35-37-13-20-49-35/h3-14,19-24H,15-18H2,1-2H3. The first-order valence-corrected chi connectivity index (χ1v) is 18.6. The Balaban J connectivity index is 1.32. The molecule has 250 valence electrons. The molecule has 1 aliphatic rings. The first-order valence-electron chi connectivity index (χ1n) is 15.9. The number of rotatable bonds is 10. The molecular weight excluding hydrogens is 685 g/mol. The Morgan fingerprint density at radius 3 is 2.04 bits per heavy atom. The lowest BCUT2D eigenvalue weighted by molar-refractivity contribution is 0.313. The molecule has 1 aliphatic heterocycles. The Morgan fingerprint density at radius 1 is 0.660 bits per heavy atom. The molecule has 0 radical (unpaired) electrons. The van der Waals surface area contributed by atoms with Crippen molar-refractivity contribution in [1.29, 1.82) is 0 Å². The second kappa shape index (κ2) is 14.3. The van der Waals surface area contributed by atoms with Gasteiger partial charge in [0.25, 0.3) is 0 Å². The second-order valence-corrected chi connectivity index (χ2v) is 14.1. The Hall–Kier alpha value is -5.28. The van der Waals surface area contributed by atoms with Crippen LogP contribution in [0.2, 0.25) is 0 Å². The van der Waals surface area contributed by atoms with Crippen molar-refractivity contribution in [3.8, 4) is 38.3 Å². The van der Waals surface area contributed by atoms with Gasteiger partial charge in [-0.25, -0.2) is 39.9 Å². The molecule has 1 fully saturated rings. The minimum absolute atomic E-state index is 0.505. The number of hydrazine groups is 1. The number of piperazine rings is 1. The summed E-state index contributed by atoms with van der Waals surface area (Å²) in [5.74, 6) is 2.87. The van der Waals surface area contributed by atoms with Crippen LogP contribution in [0.4, 0.5) is 29.0 Å². The summed E-state index contributed by atoms with van der Waals surface area (Å²) in [7, 11) is 3.80. The van der Waals surface area contributed by atoms with Crippen LogP contribution in [-0.4, -0.2) is 75.1 Å². The predicted octanol–water partition coefficient (Wildman–Crippen LogP) is 7.89. The molecule has 11 nitrogen and oxygen atoms in total. The van der Waals surface area contributed by atoms with Crippen LogP contribution in [0, 0.1) is 0 Å². The number of hydrogen-bond acceptors (Lipinski definition) is 14. The van der Waals surface area contributed by atoms with Crippen molar-refractivity contribution in [3.63, 3.8) is 0 Å². The fourth-order valence-corrected chi connectivity index (χ4v) is 7.60. The van der Waals surface area contributed by atoms with Gasteiger partial charge in [0.15, 0.2) is 29.0 Å². The van der Waals surface area contributed by atoms with Gasteiger partial charge < -0.3 is 14.5 Å². The van der Waals surface area contributed by atoms with E-state index in [0.29, 0.717) is 34.7 Å². The zero-order valence-electron chi connectivity index (χ0n) is 27.3. The van der Waals surface area contributed by atoms with Gasteiger partial charge in [-0.2, -0.15) is 11.3 Å².